The minimum atomic E-state index is 0. The molecule has 0 aliphatic rings. The molecule has 2 aromatic rings. The fourth-order valence-corrected chi connectivity index (χ4v) is 2.95. The molecular formula is C17H19Br2NO3. The maximum atomic E-state index is 12.6. The Morgan fingerprint density at radius 2 is 1.57 bits per heavy atom. The van der Waals surface area contributed by atoms with Crippen LogP contribution >= 0.6 is 15.9 Å². The lowest BCUT2D eigenvalue weighted by molar-refractivity contribution is -0.683. The van der Waals surface area contributed by atoms with Crippen molar-refractivity contribution < 1.29 is 35.8 Å². The Kier molecular flexibility index (Phi) is 7.22. The highest BCUT2D eigenvalue weighted by Crippen LogP contribution is 2.33. The second-order valence-electron chi connectivity index (χ2n) is 5.17. The van der Waals surface area contributed by atoms with E-state index in [1.54, 1.807) is 26.4 Å². The number of rotatable bonds is 5. The number of pyridine rings is 1. The number of benzene rings is 1. The third kappa shape index (κ3) is 4.78. The summed E-state index contributed by atoms with van der Waals surface area (Å²) in [6, 6.07) is 5.53. The van der Waals surface area contributed by atoms with Crippen LogP contribution in [-0.4, -0.2) is 20.0 Å². The van der Waals surface area contributed by atoms with Gasteiger partial charge in [-0.05, 0) is 48.0 Å². The molecule has 124 valence electrons. The van der Waals surface area contributed by atoms with E-state index in [0.717, 1.165) is 11.1 Å². The van der Waals surface area contributed by atoms with Crippen molar-refractivity contribution in [2.45, 2.75) is 20.4 Å². The lowest BCUT2D eigenvalue weighted by atomic mass is 10.1. The number of halogens is 2. The number of carbonyl (C=O) groups is 1. The molecule has 0 radical (unpaired) electrons. The van der Waals surface area contributed by atoms with Gasteiger partial charge in [-0.1, -0.05) is 0 Å². The topological polar surface area (TPSA) is 39.4 Å². The number of methoxy groups -OCH3 is 2. The summed E-state index contributed by atoms with van der Waals surface area (Å²) in [5, 5.41) is 0. The Hall–Kier alpha value is -1.40. The van der Waals surface area contributed by atoms with Gasteiger partial charge >= 0.3 is 0 Å². The summed E-state index contributed by atoms with van der Waals surface area (Å²) >= 11 is 3.43. The van der Waals surface area contributed by atoms with Crippen molar-refractivity contribution in [2.75, 3.05) is 14.2 Å². The van der Waals surface area contributed by atoms with Crippen molar-refractivity contribution in [1.82, 2.24) is 0 Å². The molecule has 0 bridgehead atoms. The zero-order chi connectivity index (χ0) is 16.3. The summed E-state index contributed by atoms with van der Waals surface area (Å²) in [6.45, 7) is 4.30. The molecule has 0 fully saturated rings. The number of Topliss-reactive ketones (excluding diaryl/α,β-unsaturated/α-hetero) is 1. The first kappa shape index (κ1) is 19.6. The Morgan fingerprint density at radius 1 is 1.04 bits per heavy atom. The minimum Gasteiger partial charge on any atom is -1.00 e. The minimum absolute atomic E-state index is 0. The number of hydrogen-bond donors (Lipinski definition) is 0. The number of nitrogens with zero attached hydrogens (tertiary/aromatic N) is 1. The van der Waals surface area contributed by atoms with Gasteiger partial charge in [-0.15, -0.1) is 0 Å². The van der Waals surface area contributed by atoms with Crippen molar-refractivity contribution in [3.63, 3.8) is 0 Å². The second-order valence-corrected chi connectivity index (χ2v) is 6.03. The van der Waals surface area contributed by atoms with E-state index < -0.39 is 0 Å². The molecule has 0 unspecified atom stereocenters. The monoisotopic (exact) mass is 443 g/mol. The van der Waals surface area contributed by atoms with E-state index in [4.69, 9.17) is 9.47 Å². The normalized spacial score (nSPS) is 9.96. The zero-order valence-corrected chi connectivity index (χ0v) is 16.7. The Bertz CT molecular complexity index is 697. The van der Waals surface area contributed by atoms with Crippen LogP contribution in [0.25, 0.3) is 0 Å². The molecule has 0 aliphatic heterocycles. The summed E-state index contributed by atoms with van der Waals surface area (Å²) in [7, 11) is 3.12. The predicted octanol–water partition coefficient (Wildman–Crippen LogP) is 0.258. The van der Waals surface area contributed by atoms with E-state index in [2.05, 4.69) is 22.0 Å². The van der Waals surface area contributed by atoms with Gasteiger partial charge in [-0.2, -0.15) is 4.57 Å². The van der Waals surface area contributed by atoms with Crippen LogP contribution in [0.15, 0.2) is 35.1 Å². The van der Waals surface area contributed by atoms with Crippen molar-refractivity contribution in [3.8, 4) is 11.5 Å². The van der Waals surface area contributed by atoms with Crippen LogP contribution in [0, 0.1) is 13.8 Å². The highest BCUT2D eigenvalue weighted by atomic mass is 79.9. The summed E-state index contributed by atoms with van der Waals surface area (Å²) in [4.78, 5) is 12.6. The smallest absolute Gasteiger partial charge is 0.228 e. The molecule has 0 N–H and O–H groups in total. The standard InChI is InChI=1S/C17H19BrNO3.BrH/c1-11-5-12(2)9-19(8-11)10-15(20)13-6-16(21-3)17(22-4)7-14(13)18;/h5-9H,10H2,1-4H3;1H/q+1;/p-1. The van der Waals surface area contributed by atoms with Crippen LogP contribution < -0.4 is 31.0 Å². The quantitative estimate of drug-likeness (QED) is 0.490. The third-order valence-electron chi connectivity index (χ3n) is 3.29. The molecule has 0 atom stereocenters. The van der Waals surface area contributed by atoms with Crippen LogP contribution in [-0.2, 0) is 6.54 Å². The molecular weight excluding hydrogens is 426 g/mol. The van der Waals surface area contributed by atoms with E-state index in [1.165, 1.54) is 0 Å². The van der Waals surface area contributed by atoms with Gasteiger partial charge < -0.3 is 26.5 Å². The lowest BCUT2D eigenvalue weighted by Crippen LogP contribution is -3.00. The maximum absolute atomic E-state index is 12.6. The number of hydrogen-bond acceptors (Lipinski definition) is 3. The van der Waals surface area contributed by atoms with Gasteiger partial charge in [0, 0.05) is 21.2 Å². The van der Waals surface area contributed by atoms with Gasteiger partial charge in [0.25, 0.3) is 0 Å². The summed E-state index contributed by atoms with van der Waals surface area (Å²) < 4.78 is 13.1. The molecule has 0 spiro atoms. The van der Waals surface area contributed by atoms with Crippen LogP contribution in [0.5, 0.6) is 11.5 Å². The van der Waals surface area contributed by atoms with E-state index in [-0.39, 0.29) is 29.3 Å². The number of carbonyl (C=O) groups excluding carboxylic acids is 1. The third-order valence-corrected chi connectivity index (χ3v) is 3.95. The van der Waals surface area contributed by atoms with Crippen molar-refractivity contribution in [3.05, 3.63) is 51.8 Å². The molecule has 0 saturated heterocycles. The number of ether oxygens (including phenoxy) is 2. The average Bonchev–Trinajstić information content (AvgIpc) is 2.45. The molecule has 2 rings (SSSR count). The average molecular weight is 445 g/mol. The van der Waals surface area contributed by atoms with Gasteiger partial charge in [-0.3, -0.25) is 4.79 Å². The second kappa shape index (κ2) is 8.45. The Morgan fingerprint density at radius 3 is 2.09 bits per heavy atom. The Balaban J connectivity index is 0.00000264. The van der Waals surface area contributed by atoms with E-state index in [9.17, 15) is 4.79 Å². The molecule has 1 aromatic heterocycles. The fourth-order valence-electron chi connectivity index (χ4n) is 2.40. The molecule has 1 heterocycles. The van der Waals surface area contributed by atoms with Crippen LogP contribution in [0.2, 0.25) is 0 Å². The van der Waals surface area contributed by atoms with Crippen LogP contribution in [0.4, 0.5) is 0 Å². The number of aromatic nitrogens is 1. The molecule has 1 aromatic carbocycles. The van der Waals surface area contributed by atoms with E-state index in [0.29, 0.717) is 21.5 Å². The van der Waals surface area contributed by atoms with Gasteiger partial charge in [0.2, 0.25) is 12.3 Å². The molecule has 4 nitrogen and oxygen atoms in total. The summed E-state index contributed by atoms with van der Waals surface area (Å²) in [5.74, 6) is 1.13. The zero-order valence-electron chi connectivity index (χ0n) is 13.5. The van der Waals surface area contributed by atoms with Gasteiger partial charge in [0.05, 0.1) is 14.2 Å². The molecule has 0 saturated carbocycles. The van der Waals surface area contributed by atoms with Crippen molar-refractivity contribution >= 4 is 21.7 Å². The maximum Gasteiger partial charge on any atom is 0.228 e. The highest BCUT2D eigenvalue weighted by Gasteiger charge is 2.19. The van der Waals surface area contributed by atoms with E-state index >= 15 is 0 Å². The molecule has 0 amide bonds. The number of ketones is 1. The van der Waals surface area contributed by atoms with Gasteiger partial charge in [-0.25, -0.2) is 0 Å². The molecule has 6 heteroatoms. The first-order valence-electron chi connectivity index (χ1n) is 6.86. The summed E-state index contributed by atoms with van der Waals surface area (Å²) in [6.07, 6.45) is 3.92. The number of aryl methyl sites for hydroxylation is 2. The fraction of sp³-hybridized carbons (Fsp3) is 0.294. The largest absolute Gasteiger partial charge is 1.00 e. The van der Waals surface area contributed by atoms with Crippen LogP contribution in [0.1, 0.15) is 21.5 Å². The summed E-state index contributed by atoms with van der Waals surface area (Å²) in [5.41, 5.74) is 2.82. The lowest BCUT2D eigenvalue weighted by Gasteiger charge is -2.10. The first-order chi connectivity index (χ1) is 10.4. The van der Waals surface area contributed by atoms with Crippen molar-refractivity contribution in [2.24, 2.45) is 0 Å². The Labute approximate surface area is 155 Å². The van der Waals surface area contributed by atoms with Gasteiger partial charge in [0.15, 0.2) is 23.9 Å². The molecule has 23 heavy (non-hydrogen) atoms. The van der Waals surface area contributed by atoms with E-state index in [1.807, 2.05) is 30.8 Å². The molecule has 0 aliphatic carbocycles. The first-order valence-corrected chi connectivity index (χ1v) is 7.66. The highest BCUT2D eigenvalue weighted by molar-refractivity contribution is 9.10. The van der Waals surface area contributed by atoms with Gasteiger partial charge in [0.1, 0.15) is 0 Å². The predicted molar refractivity (Wildman–Crippen MR) is 87.7 cm³/mol. The van der Waals surface area contributed by atoms with Crippen molar-refractivity contribution in [1.29, 1.82) is 0 Å². The van der Waals surface area contributed by atoms with Crippen LogP contribution in [0.3, 0.4) is 0 Å². The SMILES string of the molecule is COc1cc(Br)c(C(=O)C[n+]2cc(C)cc(C)c2)cc1OC.[Br-].